The molecule has 2 aromatic heterocycles. The lowest BCUT2D eigenvalue weighted by Gasteiger charge is -2.03. The van der Waals surface area contributed by atoms with Crippen molar-refractivity contribution in [3.05, 3.63) is 29.7 Å². The van der Waals surface area contributed by atoms with Crippen molar-refractivity contribution < 1.29 is 0 Å². The Morgan fingerprint density at radius 3 is 2.69 bits per heavy atom. The maximum Gasteiger partial charge on any atom is 0.223 e. The molecule has 0 aliphatic rings. The van der Waals surface area contributed by atoms with Gasteiger partial charge in [0.1, 0.15) is 5.03 Å². The van der Waals surface area contributed by atoms with Crippen LogP contribution in [0.4, 0.5) is 5.95 Å². The molecular weight excluding hydrogens is 246 g/mol. The average Bonchev–Trinajstić information content (AvgIpc) is 2.33. The summed E-state index contributed by atoms with van der Waals surface area (Å²) in [6.07, 6.45) is 4.89. The van der Waals surface area contributed by atoms with Gasteiger partial charge in [0, 0.05) is 19.4 Å². The third kappa shape index (κ3) is 2.59. The van der Waals surface area contributed by atoms with E-state index in [0.717, 1.165) is 0 Å². The monoisotopic (exact) mass is 253 g/mol. The molecule has 0 aliphatic carbocycles. The Balaban J connectivity index is 2.27. The second-order valence-electron chi connectivity index (χ2n) is 2.73. The number of anilines is 1. The van der Waals surface area contributed by atoms with Crippen molar-refractivity contribution >= 4 is 29.3 Å². The largest absolute Gasteiger partial charge is 0.357 e. The summed E-state index contributed by atoms with van der Waals surface area (Å²) < 4.78 is 0. The minimum atomic E-state index is 0.483. The molecule has 7 heteroatoms. The molecule has 0 radical (unpaired) electrons. The van der Waals surface area contributed by atoms with Crippen LogP contribution in [-0.2, 0) is 0 Å². The van der Waals surface area contributed by atoms with Crippen LogP contribution in [0.2, 0.25) is 5.02 Å². The summed E-state index contributed by atoms with van der Waals surface area (Å²) in [7, 11) is 1.75. The first-order chi connectivity index (χ1) is 7.79. The summed E-state index contributed by atoms with van der Waals surface area (Å²) in [5.74, 6) is 0.517. The highest BCUT2D eigenvalue weighted by Crippen LogP contribution is 2.29. The SMILES string of the molecule is CNc1ncc(Cl)c(Sc2ncccn2)n1. The molecule has 0 saturated heterocycles. The standard InChI is InChI=1S/C9H8ClN5S/c1-11-8-14-5-6(10)7(15-8)16-9-12-3-2-4-13-9/h2-5H,1H3,(H,11,14,15). The molecule has 1 N–H and O–H groups in total. The van der Waals surface area contributed by atoms with Gasteiger partial charge in [0.25, 0.3) is 0 Å². The van der Waals surface area contributed by atoms with E-state index in [1.165, 1.54) is 11.8 Å². The lowest BCUT2D eigenvalue weighted by Crippen LogP contribution is -1.97. The summed E-state index contributed by atoms with van der Waals surface area (Å²) in [6.45, 7) is 0. The fraction of sp³-hybridized carbons (Fsp3) is 0.111. The molecule has 2 heterocycles. The molecule has 0 aromatic carbocycles. The first kappa shape index (κ1) is 11.1. The molecule has 82 valence electrons. The van der Waals surface area contributed by atoms with Gasteiger partial charge in [0.2, 0.25) is 5.95 Å². The fourth-order valence-corrected chi connectivity index (χ4v) is 1.86. The summed E-state index contributed by atoms with van der Waals surface area (Å²) in [5, 5.41) is 4.56. The van der Waals surface area contributed by atoms with Crippen LogP contribution >= 0.6 is 23.4 Å². The van der Waals surface area contributed by atoms with E-state index in [1.54, 1.807) is 31.7 Å². The highest BCUT2D eigenvalue weighted by molar-refractivity contribution is 7.99. The van der Waals surface area contributed by atoms with Crippen LogP contribution < -0.4 is 5.32 Å². The van der Waals surface area contributed by atoms with E-state index in [9.17, 15) is 0 Å². The minimum Gasteiger partial charge on any atom is -0.357 e. The number of nitrogens with one attached hydrogen (secondary N) is 1. The van der Waals surface area contributed by atoms with Gasteiger partial charge in [-0.3, -0.25) is 0 Å². The van der Waals surface area contributed by atoms with Crippen LogP contribution in [0.25, 0.3) is 0 Å². The van der Waals surface area contributed by atoms with E-state index in [2.05, 4.69) is 25.3 Å². The van der Waals surface area contributed by atoms with E-state index in [4.69, 9.17) is 11.6 Å². The molecule has 2 rings (SSSR count). The molecule has 0 saturated carbocycles. The molecule has 0 unspecified atom stereocenters. The van der Waals surface area contributed by atoms with Gasteiger partial charge in [0.05, 0.1) is 11.2 Å². The molecule has 0 spiro atoms. The van der Waals surface area contributed by atoms with Crippen LogP contribution in [-0.4, -0.2) is 27.0 Å². The van der Waals surface area contributed by atoms with Crippen molar-refractivity contribution in [2.45, 2.75) is 10.2 Å². The molecule has 0 bridgehead atoms. The smallest absolute Gasteiger partial charge is 0.223 e. The Kier molecular flexibility index (Phi) is 3.53. The van der Waals surface area contributed by atoms with E-state index < -0.39 is 0 Å². The minimum absolute atomic E-state index is 0.483. The Morgan fingerprint density at radius 2 is 2.00 bits per heavy atom. The molecule has 0 atom stereocenters. The fourth-order valence-electron chi connectivity index (χ4n) is 0.968. The zero-order chi connectivity index (χ0) is 11.4. The summed E-state index contributed by atoms with van der Waals surface area (Å²) in [6, 6.07) is 1.75. The molecule has 0 fully saturated rings. The van der Waals surface area contributed by atoms with E-state index >= 15 is 0 Å². The maximum atomic E-state index is 5.97. The van der Waals surface area contributed by atoms with Gasteiger partial charge in [0.15, 0.2) is 5.16 Å². The van der Waals surface area contributed by atoms with Gasteiger partial charge in [-0.1, -0.05) is 11.6 Å². The number of aromatic nitrogens is 4. The molecule has 0 amide bonds. The van der Waals surface area contributed by atoms with Crippen molar-refractivity contribution in [3.63, 3.8) is 0 Å². The van der Waals surface area contributed by atoms with Crippen LogP contribution in [0.1, 0.15) is 0 Å². The van der Waals surface area contributed by atoms with Crippen LogP contribution in [0.15, 0.2) is 34.8 Å². The van der Waals surface area contributed by atoms with Crippen LogP contribution in [0.5, 0.6) is 0 Å². The van der Waals surface area contributed by atoms with Gasteiger partial charge in [-0.15, -0.1) is 0 Å². The van der Waals surface area contributed by atoms with Gasteiger partial charge < -0.3 is 5.32 Å². The zero-order valence-electron chi connectivity index (χ0n) is 8.38. The lowest BCUT2D eigenvalue weighted by atomic mass is 10.6. The maximum absolute atomic E-state index is 5.97. The molecular formula is C9H8ClN5S. The average molecular weight is 254 g/mol. The third-order valence-electron chi connectivity index (χ3n) is 1.67. The molecule has 5 nitrogen and oxygen atoms in total. The zero-order valence-corrected chi connectivity index (χ0v) is 9.96. The normalized spacial score (nSPS) is 10.1. The highest BCUT2D eigenvalue weighted by Gasteiger charge is 2.08. The van der Waals surface area contributed by atoms with Crippen molar-refractivity contribution in [1.29, 1.82) is 0 Å². The predicted octanol–water partition coefficient (Wildman–Crippen LogP) is 2.11. The van der Waals surface area contributed by atoms with Crippen molar-refractivity contribution in [1.82, 2.24) is 19.9 Å². The Bertz CT molecular complexity index is 479. The van der Waals surface area contributed by atoms with Crippen molar-refractivity contribution in [2.75, 3.05) is 12.4 Å². The quantitative estimate of drug-likeness (QED) is 0.668. The number of nitrogens with zero attached hydrogens (tertiary/aromatic N) is 4. The highest BCUT2D eigenvalue weighted by atomic mass is 35.5. The molecule has 0 aliphatic heterocycles. The number of hydrogen-bond donors (Lipinski definition) is 1. The lowest BCUT2D eigenvalue weighted by molar-refractivity contribution is 0.956. The van der Waals surface area contributed by atoms with E-state index in [1.807, 2.05) is 0 Å². The third-order valence-corrected chi connectivity index (χ3v) is 2.95. The first-order valence-electron chi connectivity index (χ1n) is 4.45. The number of rotatable bonds is 3. The van der Waals surface area contributed by atoms with E-state index in [0.29, 0.717) is 21.2 Å². The van der Waals surface area contributed by atoms with Crippen molar-refractivity contribution in [2.24, 2.45) is 0 Å². The summed E-state index contributed by atoms with van der Waals surface area (Å²) in [4.78, 5) is 16.4. The molecule has 2 aromatic rings. The van der Waals surface area contributed by atoms with Crippen molar-refractivity contribution in [3.8, 4) is 0 Å². The second-order valence-corrected chi connectivity index (χ2v) is 4.09. The number of hydrogen-bond acceptors (Lipinski definition) is 6. The van der Waals surface area contributed by atoms with Crippen LogP contribution in [0.3, 0.4) is 0 Å². The van der Waals surface area contributed by atoms with E-state index in [-0.39, 0.29) is 0 Å². The number of halogens is 1. The summed E-state index contributed by atoms with van der Waals surface area (Å²) >= 11 is 7.27. The first-order valence-corrected chi connectivity index (χ1v) is 5.64. The predicted molar refractivity (Wildman–Crippen MR) is 62.7 cm³/mol. The van der Waals surface area contributed by atoms with Gasteiger partial charge >= 0.3 is 0 Å². The van der Waals surface area contributed by atoms with Gasteiger partial charge in [-0.25, -0.2) is 19.9 Å². The Labute approximate surface area is 102 Å². The summed E-state index contributed by atoms with van der Waals surface area (Å²) in [5.41, 5.74) is 0. The second kappa shape index (κ2) is 5.09. The molecule has 16 heavy (non-hydrogen) atoms. The van der Waals surface area contributed by atoms with Gasteiger partial charge in [-0.2, -0.15) is 0 Å². The van der Waals surface area contributed by atoms with Crippen LogP contribution in [0, 0.1) is 0 Å². The topological polar surface area (TPSA) is 63.6 Å². The Morgan fingerprint density at radius 1 is 1.25 bits per heavy atom. The van der Waals surface area contributed by atoms with Gasteiger partial charge in [-0.05, 0) is 17.8 Å². The Hall–Kier alpha value is -1.40.